The summed E-state index contributed by atoms with van der Waals surface area (Å²) in [6.45, 7) is 2.23. The lowest BCUT2D eigenvalue weighted by Gasteiger charge is -2.21. The van der Waals surface area contributed by atoms with E-state index in [1.165, 1.54) is 12.8 Å². The second-order valence-corrected chi connectivity index (χ2v) is 6.70. The molecule has 1 aliphatic heterocycles. The number of thioether (sulfide) groups is 1. The standard InChI is InChI=1S/C17H23N3OS/c1-22-13-16-18-14-8-4-5-9-15(14)20(16)12-17(21)19-10-6-2-3-7-11-19/h4-5,8-9H,2-3,6-7,10-13H2,1H3. The lowest BCUT2D eigenvalue weighted by Crippen LogP contribution is -2.34. The van der Waals surface area contributed by atoms with Crippen LogP contribution in [-0.4, -0.2) is 39.7 Å². The van der Waals surface area contributed by atoms with E-state index in [1.807, 2.05) is 23.1 Å². The van der Waals surface area contributed by atoms with Gasteiger partial charge in [0.05, 0.1) is 16.8 Å². The minimum absolute atomic E-state index is 0.229. The fourth-order valence-electron chi connectivity index (χ4n) is 3.10. The Balaban J connectivity index is 1.85. The summed E-state index contributed by atoms with van der Waals surface area (Å²) in [7, 11) is 0. The van der Waals surface area contributed by atoms with Crippen molar-refractivity contribution in [3.8, 4) is 0 Å². The number of carbonyl (C=O) groups excluding carboxylic acids is 1. The summed E-state index contributed by atoms with van der Waals surface area (Å²) in [6.07, 6.45) is 6.83. The predicted molar refractivity (Wildman–Crippen MR) is 92.0 cm³/mol. The molecule has 5 heteroatoms. The molecule has 1 fully saturated rings. The molecule has 0 radical (unpaired) electrons. The lowest BCUT2D eigenvalue weighted by molar-refractivity contribution is -0.131. The highest BCUT2D eigenvalue weighted by atomic mass is 32.2. The van der Waals surface area contributed by atoms with Gasteiger partial charge in [0.1, 0.15) is 12.4 Å². The quantitative estimate of drug-likeness (QED) is 0.868. The van der Waals surface area contributed by atoms with Gasteiger partial charge < -0.3 is 9.47 Å². The highest BCUT2D eigenvalue weighted by Crippen LogP contribution is 2.20. The Bertz CT molecular complexity index is 644. The smallest absolute Gasteiger partial charge is 0.242 e. The van der Waals surface area contributed by atoms with Crippen LogP contribution in [0.1, 0.15) is 31.5 Å². The number of aromatic nitrogens is 2. The van der Waals surface area contributed by atoms with E-state index in [1.54, 1.807) is 11.8 Å². The van der Waals surface area contributed by atoms with Crippen LogP contribution in [0.25, 0.3) is 11.0 Å². The Labute approximate surface area is 135 Å². The van der Waals surface area contributed by atoms with Crippen molar-refractivity contribution in [1.82, 2.24) is 14.5 Å². The molecular formula is C17H23N3OS. The van der Waals surface area contributed by atoms with Gasteiger partial charge in [-0.15, -0.1) is 0 Å². The molecule has 22 heavy (non-hydrogen) atoms. The number of hydrogen-bond acceptors (Lipinski definition) is 3. The lowest BCUT2D eigenvalue weighted by atomic mass is 10.2. The molecule has 0 bridgehead atoms. The number of imidazole rings is 1. The van der Waals surface area contributed by atoms with E-state index in [-0.39, 0.29) is 5.91 Å². The molecule has 1 aromatic heterocycles. The van der Waals surface area contributed by atoms with E-state index in [0.29, 0.717) is 6.54 Å². The maximum absolute atomic E-state index is 12.7. The van der Waals surface area contributed by atoms with E-state index in [4.69, 9.17) is 4.98 Å². The van der Waals surface area contributed by atoms with Crippen molar-refractivity contribution in [1.29, 1.82) is 0 Å². The molecule has 3 rings (SSSR count). The number of amides is 1. The third-order valence-corrected chi connectivity index (χ3v) is 4.81. The first-order chi connectivity index (χ1) is 10.8. The third kappa shape index (κ3) is 3.29. The van der Waals surface area contributed by atoms with Crippen molar-refractivity contribution in [2.75, 3.05) is 19.3 Å². The van der Waals surface area contributed by atoms with Gasteiger partial charge in [-0.2, -0.15) is 11.8 Å². The van der Waals surface area contributed by atoms with Crippen LogP contribution in [0.4, 0.5) is 0 Å². The van der Waals surface area contributed by atoms with E-state index < -0.39 is 0 Å². The summed E-state index contributed by atoms with van der Waals surface area (Å²) < 4.78 is 2.10. The topological polar surface area (TPSA) is 38.1 Å². The molecule has 1 aromatic carbocycles. The normalized spacial score (nSPS) is 16.0. The van der Waals surface area contributed by atoms with Crippen molar-refractivity contribution in [2.45, 2.75) is 38.0 Å². The van der Waals surface area contributed by atoms with E-state index in [0.717, 1.165) is 48.5 Å². The molecule has 4 nitrogen and oxygen atoms in total. The summed E-state index contributed by atoms with van der Waals surface area (Å²) >= 11 is 1.74. The van der Waals surface area contributed by atoms with Gasteiger partial charge in [-0.25, -0.2) is 4.98 Å². The van der Waals surface area contributed by atoms with E-state index >= 15 is 0 Å². The van der Waals surface area contributed by atoms with Gasteiger partial charge in [0.15, 0.2) is 0 Å². The van der Waals surface area contributed by atoms with Crippen LogP contribution in [0.3, 0.4) is 0 Å². The number of benzene rings is 1. The zero-order valence-electron chi connectivity index (χ0n) is 13.1. The van der Waals surface area contributed by atoms with Crippen LogP contribution in [-0.2, 0) is 17.1 Å². The molecule has 1 saturated heterocycles. The summed E-state index contributed by atoms with van der Waals surface area (Å²) in [5.41, 5.74) is 2.05. The molecule has 1 aliphatic rings. The Hall–Kier alpha value is -1.49. The molecule has 0 atom stereocenters. The molecule has 0 aliphatic carbocycles. The van der Waals surface area contributed by atoms with E-state index in [2.05, 4.69) is 16.9 Å². The third-order valence-electron chi connectivity index (χ3n) is 4.26. The molecular weight excluding hydrogens is 294 g/mol. The van der Waals surface area contributed by atoms with Gasteiger partial charge in [-0.05, 0) is 31.2 Å². The minimum Gasteiger partial charge on any atom is -0.341 e. The van der Waals surface area contributed by atoms with Gasteiger partial charge in [-0.1, -0.05) is 25.0 Å². The summed E-state index contributed by atoms with van der Waals surface area (Å²) in [5.74, 6) is 2.06. The first-order valence-corrected chi connectivity index (χ1v) is 9.40. The van der Waals surface area contributed by atoms with Crippen molar-refractivity contribution in [3.05, 3.63) is 30.1 Å². The van der Waals surface area contributed by atoms with Crippen LogP contribution in [0.2, 0.25) is 0 Å². The maximum Gasteiger partial charge on any atom is 0.242 e. The first-order valence-electron chi connectivity index (χ1n) is 8.00. The van der Waals surface area contributed by atoms with Crippen LogP contribution in [0.5, 0.6) is 0 Å². The fraction of sp³-hybridized carbons (Fsp3) is 0.529. The molecule has 0 spiro atoms. The number of carbonyl (C=O) groups is 1. The van der Waals surface area contributed by atoms with Crippen LogP contribution in [0, 0.1) is 0 Å². The van der Waals surface area contributed by atoms with Crippen LogP contribution >= 0.6 is 11.8 Å². The predicted octanol–water partition coefficient (Wildman–Crippen LogP) is 3.30. The van der Waals surface area contributed by atoms with Crippen molar-refractivity contribution in [3.63, 3.8) is 0 Å². The minimum atomic E-state index is 0.229. The summed E-state index contributed by atoms with van der Waals surface area (Å²) in [4.78, 5) is 19.4. The molecule has 118 valence electrons. The highest BCUT2D eigenvalue weighted by molar-refractivity contribution is 7.97. The Morgan fingerprint density at radius 1 is 1.18 bits per heavy atom. The Kier molecular flexibility index (Phi) is 5.03. The van der Waals surface area contributed by atoms with Gasteiger partial charge >= 0.3 is 0 Å². The molecule has 0 unspecified atom stereocenters. The molecule has 0 N–H and O–H groups in total. The van der Waals surface area contributed by atoms with Crippen molar-refractivity contribution >= 4 is 28.7 Å². The number of hydrogen-bond donors (Lipinski definition) is 0. The summed E-state index contributed by atoms with van der Waals surface area (Å²) in [5, 5.41) is 0. The largest absolute Gasteiger partial charge is 0.341 e. The highest BCUT2D eigenvalue weighted by Gasteiger charge is 2.19. The van der Waals surface area contributed by atoms with Crippen LogP contribution < -0.4 is 0 Å². The monoisotopic (exact) mass is 317 g/mol. The fourth-order valence-corrected chi connectivity index (χ4v) is 3.58. The number of fused-ring (bicyclic) bond motifs is 1. The Morgan fingerprint density at radius 2 is 1.91 bits per heavy atom. The number of rotatable bonds is 4. The van der Waals surface area contributed by atoms with E-state index in [9.17, 15) is 4.79 Å². The number of likely N-dealkylation sites (tertiary alicyclic amines) is 1. The van der Waals surface area contributed by atoms with Gasteiger partial charge in [0.2, 0.25) is 5.91 Å². The number of para-hydroxylation sites is 2. The summed E-state index contributed by atoms with van der Waals surface area (Å²) in [6, 6.07) is 8.09. The van der Waals surface area contributed by atoms with Gasteiger partial charge in [0, 0.05) is 13.1 Å². The molecule has 0 saturated carbocycles. The Morgan fingerprint density at radius 3 is 2.64 bits per heavy atom. The zero-order chi connectivity index (χ0) is 15.4. The second-order valence-electron chi connectivity index (χ2n) is 5.83. The molecule has 1 amide bonds. The second kappa shape index (κ2) is 7.18. The number of nitrogens with zero attached hydrogens (tertiary/aromatic N) is 3. The average Bonchev–Trinajstić information content (AvgIpc) is 2.72. The molecule has 2 aromatic rings. The van der Waals surface area contributed by atoms with Crippen molar-refractivity contribution in [2.24, 2.45) is 0 Å². The average molecular weight is 317 g/mol. The maximum atomic E-state index is 12.7. The zero-order valence-corrected chi connectivity index (χ0v) is 13.9. The van der Waals surface area contributed by atoms with Gasteiger partial charge in [-0.3, -0.25) is 4.79 Å². The van der Waals surface area contributed by atoms with Gasteiger partial charge in [0.25, 0.3) is 0 Å². The van der Waals surface area contributed by atoms with Crippen molar-refractivity contribution < 1.29 is 4.79 Å². The molecule has 2 heterocycles. The van der Waals surface area contributed by atoms with Crippen LogP contribution in [0.15, 0.2) is 24.3 Å². The first kappa shape index (κ1) is 15.4. The SMILES string of the molecule is CSCc1nc2ccccc2n1CC(=O)N1CCCCCC1.